The number of rotatable bonds is 6. The van der Waals surface area contributed by atoms with Gasteiger partial charge < -0.3 is 15.8 Å². The number of aromatic nitrogens is 1. The van der Waals surface area contributed by atoms with Crippen molar-refractivity contribution in [3.63, 3.8) is 0 Å². The van der Waals surface area contributed by atoms with Crippen LogP contribution in [0.1, 0.15) is 16.1 Å². The molecule has 2 rings (SSSR count). The van der Waals surface area contributed by atoms with E-state index in [0.717, 1.165) is 24.4 Å². The Morgan fingerprint density at radius 1 is 1.30 bits per heavy atom. The first-order valence-electron chi connectivity index (χ1n) is 6.31. The molecular formula is C15H17N3O2. The summed E-state index contributed by atoms with van der Waals surface area (Å²) in [6, 6.07) is 11.4. The molecule has 0 atom stereocenters. The second kappa shape index (κ2) is 6.56. The van der Waals surface area contributed by atoms with E-state index < -0.39 is 5.91 Å². The molecule has 1 amide bonds. The molecule has 2 aromatic rings. The number of benzene rings is 1. The Hall–Kier alpha value is -2.56. The minimum absolute atomic E-state index is 0.263. The minimum atomic E-state index is -0.524. The molecule has 0 bridgehead atoms. The number of amides is 1. The Morgan fingerprint density at radius 2 is 2.05 bits per heavy atom. The highest BCUT2D eigenvalue weighted by atomic mass is 16.5. The van der Waals surface area contributed by atoms with Gasteiger partial charge in [0.05, 0.1) is 7.11 Å². The SMILES string of the molecule is COc1ccc(CCNc2ccnc(C(N)=O)c2)cc1. The van der Waals surface area contributed by atoms with Gasteiger partial charge in [-0.1, -0.05) is 12.1 Å². The highest BCUT2D eigenvalue weighted by Crippen LogP contribution is 2.12. The fourth-order valence-corrected chi connectivity index (χ4v) is 1.82. The zero-order valence-corrected chi connectivity index (χ0v) is 11.3. The molecule has 20 heavy (non-hydrogen) atoms. The van der Waals surface area contributed by atoms with Crippen LogP contribution in [0.3, 0.4) is 0 Å². The van der Waals surface area contributed by atoms with Crippen LogP contribution in [0.5, 0.6) is 5.75 Å². The van der Waals surface area contributed by atoms with Gasteiger partial charge in [0.1, 0.15) is 11.4 Å². The van der Waals surface area contributed by atoms with E-state index in [2.05, 4.69) is 10.3 Å². The van der Waals surface area contributed by atoms with Crippen LogP contribution in [-0.4, -0.2) is 24.5 Å². The first-order chi connectivity index (χ1) is 9.69. The van der Waals surface area contributed by atoms with Crippen LogP contribution in [-0.2, 0) is 6.42 Å². The van der Waals surface area contributed by atoms with E-state index in [1.165, 1.54) is 5.56 Å². The minimum Gasteiger partial charge on any atom is -0.497 e. The molecule has 0 fully saturated rings. The molecule has 1 aromatic carbocycles. The summed E-state index contributed by atoms with van der Waals surface area (Å²) in [4.78, 5) is 14.9. The molecule has 3 N–H and O–H groups in total. The van der Waals surface area contributed by atoms with Crippen molar-refractivity contribution in [1.82, 2.24) is 4.98 Å². The number of hydrogen-bond donors (Lipinski definition) is 2. The molecule has 104 valence electrons. The van der Waals surface area contributed by atoms with Crippen LogP contribution in [0.4, 0.5) is 5.69 Å². The van der Waals surface area contributed by atoms with E-state index in [4.69, 9.17) is 10.5 Å². The number of nitrogens with two attached hydrogens (primary N) is 1. The van der Waals surface area contributed by atoms with Gasteiger partial charge in [0, 0.05) is 18.4 Å². The Balaban J connectivity index is 1.88. The van der Waals surface area contributed by atoms with Gasteiger partial charge in [-0.15, -0.1) is 0 Å². The average molecular weight is 271 g/mol. The van der Waals surface area contributed by atoms with Crippen LogP contribution in [0, 0.1) is 0 Å². The summed E-state index contributed by atoms with van der Waals surface area (Å²) in [5.41, 5.74) is 7.50. The lowest BCUT2D eigenvalue weighted by molar-refractivity contribution is 0.0995. The summed E-state index contributed by atoms with van der Waals surface area (Å²) in [6.07, 6.45) is 2.44. The van der Waals surface area contributed by atoms with E-state index in [1.807, 2.05) is 24.3 Å². The Morgan fingerprint density at radius 3 is 2.70 bits per heavy atom. The maximum Gasteiger partial charge on any atom is 0.267 e. The fraction of sp³-hybridized carbons (Fsp3) is 0.200. The lowest BCUT2D eigenvalue weighted by Crippen LogP contribution is -2.13. The maximum absolute atomic E-state index is 11.0. The molecule has 0 spiro atoms. The lowest BCUT2D eigenvalue weighted by Gasteiger charge is -2.07. The van der Waals surface area contributed by atoms with Crippen LogP contribution in [0.15, 0.2) is 42.6 Å². The number of carbonyl (C=O) groups excluding carboxylic acids is 1. The predicted octanol–water partition coefficient (Wildman–Crippen LogP) is 1.84. The van der Waals surface area contributed by atoms with Gasteiger partial charge in [-0.3, -0.25) is 9.78 Å². The summed E-state index contributed by atoms with van der Waals surface area (Å²) in [5, 5.41) is 3.24. The van der Waals surface area contributed by atoms with Gasteiger partial charge in [-0.05, 0) is 36.2 Å². The molecule has 1 aromatic heterocycles. The van der Waals surface area contributed by atoms with E-state index in [1.54, 1.807) is 25.4 Å². The van der Waals surface area contributed by atoms with Crippen molar-refractivity contribution in [3.05, 3.63) is 53.9 Å². The summed E-state index contributed by atoms with van der Waals surface area (Å²) in [5.74, 6) is 0.325. The van der Waals surface area contributed by atoms with Gasteiger partial charge >= 0.3 is 0 Å². The summed E-state index contributed by atoms with van der Waals surface area (Å²) in [7, 11) is 1.65. The second-order valence-electron chi connectivity index (χ2n) is 4.32. The molecule has 5 heteroatoms. The van der Waals surface area contributed by atoms with Gasteiger partial charge in [0.2, 0.25) is 0 Å². The Labute approximate surface area is 117 Å². The quantitative estimate of drug-likeness (QED) is 0.840. The van der Waals surface area contributed by atoms with Gasteiger partial charge in [-0.2, -0.15) is 0 Å². The first kappa shape index (κ1) is 13.9. The third-order valence-electron chi connectivity index (χ3n) is 2.91. The standard InChI is InChI=1S/C15H17N3O2/c1-20-13-4-2-11(3-5-13)6-8-17-12-7-9-18-14(10-12)15(16)19/h2-5,7,9-10H,6,8H2,1H3,(H2,16,19)(H,17,18). The fourth-order valence-electron chi connectivity index (χ4n) is 1.82. The molecular weight excluding hydrogens is 254 g/mol. The van der Waals surface area contributed by atoms with Crippen LogP contribution >= 0.6 is 0 Å². The number of carbonyl (C=O) groups is 1. The van der Waals surface area contributed by atoms with Crippen LogP contribution < -0.4 is 15.8 Å². The summed E-state index contributed by atoms with van der Waals surface area (Å²) in [6.45, 7) is 0.758. The summed E-state index contributed by atoms with van der Waals surface area (Å²) >= 11 is 0. The number of hydrogen-bond acceptors (Lipinski definition) is 4. The zero-order valence-electron chi connectivity index (χ0n) is 11.3. The molecule has 0 saturated carbocycles. The van der Waals surface area contributed by atoms with Gasteiger partial charge in [-0.25, -0.2) is 0 Å². The number of primary amides is 1. The smallest absolute Gasteiger partial charge is 0.267 e. The highest BCUT2D eigenvalue weighted by Gasteiger charge is 2.02. The largest absolute Gasteiger partial charge is 0.497 e. The molecule has 0 aliphatic carbocycles. The van der Waals surface area contributed by atoms with Crippen molar-refractivity contribution >= 4 is 11.6 Å². The highest BCUT2D eigenvalue weighted by molar-refractivity contribution is 5.91. The molecule has 1 heterocycles. The van der Waals surface area contributed by atoms with Crippen molar-refractivity contribution in [2.45, 2.75) is 6.42 Å². The topological polar surface area (TPSA) is 77.2 Å². The molecule has 0 radical (unpaired) electrons. The van der Waals surface area contributed by atoms with E-state index in [0.29, 0.717) is 0 Å². The first-order valence-corrected chi connectivity index (χ1v) is 6.31. The Bertz CT molecular complexity index is 582. The molecule has 0 aliphatic rings. The Kier molecular flexibility index (Phi) is 4.55. The molecule has 0 unspecified atom stereocenters. The van der Waals surface area contributed by atoms with Crippen molar-refractivity contribution in [2.75, 3.05) is 19.0 Å². The zero-order chi connectivity index (χ0) is 14.4. The van der Waals surface area contributed by atoms with Crippen molar-refractivity contribution in [2.24, 2.45) is 5.73 Å². The second-order valence-corrected chi connectivity index (χ2v) is 4.32. The molecule has 0 saturated heterocycles. The van der Waals surface area contributed by atoms with Crippen molar-refractivity contribution < 1.29 is 9.53 Å². The van der Waals surface area contributed by atoms with E-state index >= 15 is 0 Å². The third-order valence-corrected chi connectivity index (χ3v) is 2.91. The van der Waals surface area contributed by atoms with Gasteiger partial charge in [0.25, 0.3) is 5.91 Å². The summed E-state index contributed by atoms with van der Waals surface area (Å²) < 4.78 is 5.11. The number of anilines is 1. The lowest BCUT2D eigenvalue weighted by atomic mass is 10.1. The van der Waals surface area contributed by atoms with Crippen molar-refractivity contribution in [1.29, 1.82) is 0 Å². The predicted molar refractivity (Wildman–Crippen MR) is 77.9 cm³/mol. The molecule has 5 nitrogen and oxygen atoms in total. The number of methoxy groups -OCH3 is 1. The number of nitrogens with one attached hydrogen (secondary N) is 1. The van der Waals surface area contributed by atoms with Crippen molar-refractivity contribution in [3.8, 4) is 5.75 Å². The normalized spacial score (nSPS) is 10.1. The van der Waals surface area contributed by atoms with Crippen LogP contribution in [0.2, 0.25) is 0 Å². The van der Waals surface area contributed by atoms with Crippen LogP contribution in [0.25, 0.3) is 0 Å². The molecule has 0 aliphatic heterocycles. The number of nitrogens with zero attached hydrogens (tertiary/aromatic N) is 1. The third kappa shape index (κ3) is 3.71. The average Bonchev–Trinajstić information content (AvgIpc) is 2.48. The monoisotopic (exact) mass is 271 g/mol. The number of ether oxygens (including phenoxy) is 1. The van der Waals surface area contributed by atoms with Gasteiger partial charge in [0.15, 0.2) is 0 Å². The van der Waals surface area contributed by atoms with E-state index in [9.17, 15) is 4.79 Å². The maximum atomic E-state index is 11.0. The van der Waals surface area contributed by atoms with E-state index in [-0.39, 0.29) is 5.69 Å². The number of pyridine rings is 1.